The molecule has 26 heavy (non-hydrogen) atoms. The van der Waals surface area contributed by atoms with Gasteiger partial charge in [-0.05, 0) is 37.8 Å². The first-order chi connectivity index (χ1) is 12.4. The molecule has 2 fully saturated rings. The van der Waals surface area contributed by atoms with Crippen LogP contribution in [0.3, 0.4) is 0 Å². The van der Waals surface area contributed by atoms with E-state index in [2.05, 4.69) is 10.0 Å². The van der Waals surface area contributed by atoms with Crippen molar-refractivity contribution in [3.8, 4) is 0 Å². The standard InChI is InChI=1S/C17H22Cl2N2O4S/c18-14-9-15(19)16(26(23,24)21-11-4-1-2-5-11)8-13(14)17(22)20-10-12-6-3-7-25-12/h8-9,11-12,21H,1-7,10H2,(H,20,22). The first-order valence-corrected chi connectivity index (χ1v) is 11.0. The number of rotatable bonds is 6. The summed E-state index contributed by atoms with van der Waals surface area (Å²) in [5, 5.41) is 2.85. The van der Waals surface area contributed by atoms with Gasteiger partial charge in [-0.15, -0.1) is 0 Å². The number of hydrogen-bond donors (Lipinski definition) is 2. The van der Waals surface area contributed by atoms with Crippen LogP contribution in [-0.4, -0.2) is 39.6 Å². The van der Waals surface area contributed by atoms with Crippen molar-refractivity contribution in [2.75, 3.05) is 13.2 Å². The molecule has 1 unspecified atom stereocenters. The van der Waals surface area contributed by atoms with Gasteiger partial charge < -0.3 is 10.1 Å². The minimum Gasteiger partial charge on any atom is -0.376 e. The van der Waals surface area contributed by atoms with Gasteiger partial charge in [0.1, 0.15) is 4.90 Å². The quantitative estimate of drug-likeness (QED) is 0.739. The van der Waals surface area contributed by atoms with Gasteiger partial charge in [-0.2, -0.15) is 0 Å². The lowest BCUT2D eigenvalue weighted by molar-refractivity contribution is 0.0857. The number of hydrogen-bond acceptors (Lipinski definition) is 4. The molecule has 1 aliphatic heterocycles. The van der Waals surface area contributed by atoms with Crippen LogP contribution in [0, 0.1) is 0 Å². The van der Waals surface area contributed by atoms with Gasteiger partial charge in [0, 0.05) is 19.2 Å². The predicted molar refractivity (Wildman–Crippen MR) is 100 cm³/mol. The number of halogens is 2. The molecule has 1 heterocycles. The third-order valence-electron chi connectivity index (χ3n) is 4.75. The Kier molecular flexibility index (Phi) is 6.45. The van der Waals surface area contributed by atoms with E-state index in [0.29, 0.717) is 13.2 Å². The lowest BCUT2D eigenvalue weighted by Gasteiger charge is -2.16. The molecule has 1 aliphatic carbocycles. The SMILES string of the molecule is O=C(NCC1CCCO1)c1cc(S(=O)(=O)NC2CCCC2)c(Cl)cc1Cl. The number of ether oxygens (including phenoxy) is 1. The highest BCUT2D eigenvalue weighted by Gasteiger charge is 2.27. The van der Waals surface area contributed by atoms with Crippen LogP contribution < -0.4 is 10.0 Å². The third kappa shape index (κ3) is 4.70. The number of sulfonamides is 1. The Balaban J connectivity index is 1.78. The second-order valence-electron chi connectivity index (χ2n) is 6.71. The lowest BCUT2D eigenvalue weighted by atomic mass is 10.2. The molecule has 1 aromatic carbocycles. The minimum absolute atomic E-state index is 0.00354. The highest BCUT2D eigenvalue weighted by atomic mass is 35.5. The molecule has 2 aliphatic rings. The second kappa shape index (κ2) is 8.44. The smallest absolute Gasteiger partial charge is 0.252 e. The van der Waals surface area contributed by atoms with Crippen molar-refractivity contribution in [1.82, 2.24) is 10.0 Å². The first-order valence-electron chi connectivity index (χ1n) is 8.78. The highest BCUT2D eigenvalue weighted by molar-refractivity contribution is 7.89. The van der Waals surface area contributed by atoms with Crippen molar-refractivity contribution in [2.24, 2.45) is 0 Å². The van der Waals surface area contributed by atoms with Crippen LogP contribution in [0.4, 0.5) is 0 Å². The van der Waals surface area contributed by atoms with E-state index in [9.17, 15) is 13.2 Å². The van der Waals surface area contributed by atoms with E-state index in [0.717, 1.165) is 38.5 Å². The van der Waals surface area contributed by atoms with Gasteiger partial charge in [-0.1, -0.05) is 36.0 Å². The topological polar surface area (TPSA) is 84.5 Å². The zero-order chi connectivity index (χ0) is 18.7. The molecule has 3 rings (SSSR count). The van der Waals surface area contributed by atoms with Crippen molar-refractivity contribution in [2.45, 2.75) is 55.6 Å². The molecule has 0 radical (unpaired) electrons. The number of carbonyl (C=O) groups excluding carboxylic acids is 1. The summed E-state index contributed by atoms with van der Waals surface area (Å²) in [5.41, 5.74) is 0.0841. The maximum absolute atomic E-state index is 12.7. The van der Waals surface area contributed by atoms with E-state index in [1.165, 1.54) is 12.1 Å². The van der Waals surface area contributed by atoms with Crippen LogP contribution in [0.5, 0.6) is 0 Å². The van der Waals surface area contributed by atoms with Gasteiger partial charge >= 0.3 is 0 Å². The normalized spacial score (nSPS) is 21.2. The predicted octanol–water partition coefficient (Wildman–Crippen LogP) is 3.12. The summed E-state index contributed by atoms with van der Waals surface area (Å²) in [4.78, 5) is 12.3. The Morgan fingerprint density at radius 1 is 1.12 bits per heavy atom. The van der Waals surface area contributed by atoms with Crippen LogP contribution >= 0.6 is 23.2 Å². The van der Waals surface area contributed by atoms with Gasteiger partial charge in [0.2, 0.25) is 10.0 Å². The molecule has 0 bridgehead atoms. The fraction of sp³-hybridized carbons (Fsp3) is 0.588. The summed E-state index contributed by atoms with van der Waals surface area (Å²) >= 11 is 12.2. The highest BCUT2D eigenvalue weighted by Crippen LogP contribution is 2.30. The summed E-state index contributed by atoms with van der Waals surface area (Å²) < 4.78 is 33.5. The summed E-state index contributed by atoms with van der Waals surface area (Å²) in [7, 11) is -3.82. The van der Waals surface area contributed by atoms with Crippen LogP contribution in [0.2, 0.25) is 10.0 Å². The zero-order valence-corrected chi connectivity index (χ0v) is 16.6. The Hall–Kier alpha value is -0.860. The van der Waals surface area contributed by atoms with Crippen molar-refractivity contribution >= 4 is 39.1 Å². The first kappa shape index (κ1) is 19.9. The molecule has 1 atom stereocenters. The summed E-state index contributed by atoms with van der Waals surface area (Å²) in [5.74, 6) is -0.445. The van der Waals surface area contributed by atoms with E-state index in [4.69, 9.17) is 27.9 Å². The number of amides is 1. The number of nitrogens with one attached hydrogen (secondary N) is 2. The molecule has 0 aromatic heterocycles. The maximum atomic E-state index is 12.7. The van der Waals surface area contributed by atoms with Crippen LogP contribution in [0.25, 0.3) is 0 Å². The molecule has 6 nitrogen and oxygen atoms in total. The van der Waals surface area contributed by atoms with E-state index < -0.39 is 15.9 Å². The molecule has 0 spiro atoms. The van der Waals surface area contributed by atoms with E-state index in [-0.39, 0.29) is 32.7 Å². The number of carbonyl (C=O) groups is 1. The second-order valence-corrected chi connectivity index (χ2v) is 9.21. The van der Waals surface area contributed by atoms with Gasteiger partial charge in [0.15, 0.2) is 0 Å². The number of benzene rings is 1. The van der Waals surface area contributed by atoms with E-state index in [1.807, 2.05) is 0 Å². The van der Waals surface area contributed by atoms with Gasteiger partial charge in [-0.25, -0.2) is 13.1 Å². The fourth-order valence-corrected chi connectivity index (χ4v) is 5.51. The van der Waals surface area contributed by atoms with Crippen molar-refractivity contribution in [3.63, 3.8) is 0 Å². The Morgan fingerprint density at radius 2 is 1.85 bits per heavy atom. The van der Waals surface area contributed by atoms with Crippen molar-refractivity contribution < 1.29 is 17.9 Å². The monoisotopic (exact) mass is 420 g/mol. The van der Waals surface area contributed by atoms with E-state index >= 15 is 0 Å². The fourth-order valence-electron chi connectivity index (χ4n) is 3.34. The van der Waals surface area contributed by atoms with Crippen LogP contribution in [-0.2, 0) is 14.8 Å². The largest absolute Gasteiger partial charge is 0.376 e. The van der Waals surface area contributed by atoms with Crippen molar-refractivity contribution in [1.29, 1.82) is 0 Å². The molecule has 1 saturated carbocycles. The summed E-state index contributed by atoms with van der Waals surface area (Å²) in [6, 6.07) is 2.45. The Bertz CT molecular complexity index is 773. The molecule has 1 saturated heterocycles. The third-order valence-corrected chi connectivity index (χ3v) is 7.04. The molecule has 9 heteroatoms. The lowest BCUT2D eigenvalue weighted by Crippen LogP contribution is -2.34. The zero-order valence-electron chi connectivity index (χ0n) is 14.3. The maximum Gasteiger partial charge on any atom is 0.252 e. The molecular weight excluding hydrogens is 399 g/mol. The van der Waals surface area contributed by atoms with Crippen molar-refractivity contribution in [3.05, 3.63) is 27.7 Å². The molecule has 1 amide bonds. The Morgan fingerprint density at radius 3 is 2.50 bits per heavy atom. The Labute approximate surface area is 163 Å². The van der Waals surface area contributed by atoms with E-state index in [1.54, 1.807) is 0 Å². The van der Waals surface area contributed by atoms with Gasteiger partial charge in [0.25, 0.3) is 5.91 Å². The summed E-state index contributed by atoms with van der Waals surface area (Å²) in [6.45, 7) is 1.05. The summed E-state index contributed by atoms with van der Waals surface area (Å²) in [6.07, 6.45) is 5.45. The average Bonchev–Trinajstić information content (AvgIpc) is 3.25. The van der Waals surface area contributed by atoms with Crippen LogP contribution in [0.1, 0.15) is 48.9 Å². The molecule has 144 valence electrons. The van der Waals surface area contributed by atoms with Crippen LogP contribution in [0.15, 0.2) is 17.0 Å². The molecule has 2 N–H and O–H groups in total. The average molecular weight is 421 g/mol. The minimum atomic E-state index is -3.82. The van der Waals surface area contributed by atoms with Gasteiger partial charge in [-0.3, -0.25) is 4.79 Å². The molecule has 1 aromatic rings. The molecular formula is C17H22Cl2N2O4S. The van der Waals surface area contributed by atoms with Gasteiger partial charge in [0.05, 0.1) is 21.7 Å².